The van der Waals surface area contributed by atoms with Crippen molar-refractivity contribution in [2.75, 3.05) is 11.9 Å². The summed E-state index contributed by atoms with van der Waals surface area (Å²) in [7, 11) is 0. The first-order valence-electron chi connectivity index (χ1n) is 6.62. The van der Waals surface area contributed by atoms with Crippen molar-refractivity contribution in [1.29, 1.82) is 0 Å². The van der Waals surface area contributed by atoms with E-state index in [1.54, 1.807) is 5.32 Å². The van der Waals surface area contributed by atoms with E-state index in [4.69, 9.17) is 0 Å². The Labute approximate surface area is 130 Å². The Balaban J connectivity index is 2.83. The zero-order valence-corrected chi connectivity index (χ0v) is 12.5. The van der Waals surface area contributed by atoms with E-state index in [9.17, 15) is 27.6 Å². The van der Waals surface area contributed by atoms with Gasteiger partial charge in [-0.2, -0.15) is 13.2 Å². The molecule has 23 heavy (non-hydrogen) atoms. The Morgan fingerprint density at radius 3 is 2.35 bits per heavy atom. The molecule has 1 aromatic rings. The van der Waals surface area contributed by atoms with Gasteiger partial charge >= 0.3 is 6.18 Å². The fraction of sp³-hybridized carbons (Fsp3) is 0.357. The maximum Gasteiger partial charge on any atom is 0.405 e. The van der Waals surface area contributed by atoms with Gasteiger partial charge in [0.15, 0.2) is 0 Å². The Morgan fingerprint density at radius 1 is 1.17 bits per heavy atom. The highest BCUT2D eigenvalue weighted by atomic mass is 19.4. The van der Waals surface area contributed by atoms with Crippen LogP contribution in [0.15, 0.2) is 24.3 Å². The van der Waals surface area contributed by atoms with Crippen LogP contribution in [0.1, 0.15) is 24.2 Å². The van der Waals surface area contributed by atoms with Crippen LogP contribution in [-0.2, 0) is 9.59 Å². The number of carbonyl (C=O) groups excluding carboxylic acids is 3. The van der Waals surface area contributed by atoms with Gasteiger partial charge in [0.1, 0.15) is 12.6 Å². The first-order chi connectivity index (χ1) is 10.6. The number of nitrogens with one attached hydrogen (secondary N) is 3. The third kappa shape index (κ3) is 6.37. The molecular weight excluding hydrogens is 315 g/mol. The number of rotatable bonds is 5. The van der Waals surface area contributed by atoms with Gasteiger partial charge < -0.3 is 16.0 Å². The summed E-state index contributed by atoms with van der Waals surface area (Å²) >= 11 is 0. The summed E-state index contributed by atoms with van der Waals surface area (Å²) in [6.07, 6.45) is -4.53. The highest BCUT2D eigenvalue weighted by Crippen LogP contribution is 2.17. The van der Waals surface area contributed by atoms with Crippen molar-refractivity contribution in [2.24, 2.45) is 0 Å². The molecule has 9 heteroatoms. The van der Waals surface area contributed by atoms with Gasteiger partial charge in [0.25, 0.3) is 5.91 Å². The lowest BCUT2D eigenvalue weighted by atomic mass is 10.1. The monoisotopic (exact) mass is 331 g/mol. The van der Waals surface area contributed by atoms with Gasteiger partial charge in [0.2, 0.25) is 11.8 Å². The summed E-state index contributed by atoms with van der Waals surface area (Å²) in [5, 5.41) is 6.48. The average molecular weight is 331 g/mol. The van der Waals surface area contributed by atoms with Crippen molar-refractivity contribution in [3.8, 4) is 0 Å². The van der Waals surface area contributed by atoms with Crippen molar-refractivity contribution in [2.45, 2.75) is 26.1 Å². The van der Waals surface area contributed by atoms with Crippen LogP contribution in [0, 0.1) is 0 Å². The maximum absolute atomic E-state index is 12.1. The predicted molar refractivity (Wildman–Crippen MR) is 76.7 cm³/mol. The molecule has 0 heterocycles. The minimum atomic E-state index is -4.53. The molecule has 0 saturated heterocycles. The second-order valence-electron chi connectivity index (χ2n) is 4.75. The summed E-state index contributed by atoms with van der Waals surface area (Å²) in [5.74, 6) is -1.98. The number of halogens is 3. The summed E-state index contributed by atoms with van der Waals surface area (Å²) in [6.45, 7) is 1.20. The fourth-order valence-electron chi connectivity index (χ4n) is 1.68. The van der Waals surface area contributed by atoms with Crippen LogP contribution in [-0.4, -0.2) is 36.5 Å². The highest BCUT2D eigenvalue weighted by Gasteiger charge is 2.28. The van der Waals surface area contributed by atoms with Gasteiger partial charge in [-0.1, -0.05) is 12.1 Å². The van der Waals surface area contributed by atoms with E-state index in [0.29, 0.717) is 0 Å². The van der Waals surface area contributed by atoms with Gasteiger partial charge in [-0.15, -0.1) is 0 Å². The van der Waals surface area contributed by atoms with Crippen LogP contribution in [0.5, 0.6) is 0 Å². The zero-order chi connectivity index (χ0) is 17.6. The normalized spacial score (nSPS) is 12.2. The summed E-state index contributed by atoms with van der Waals surface area (Å²) in [4.78, 5) is 34.6. The lowest BCUT2D eigenvalue weighted by Gasteiger charge is -2.15. The van der Waals surface area contributed by atoms with Gasteiger partial charge in [0.05, 0.1) is 11.3 Å². The average Bonchev–Trinajstić information content (AvgIpc) is 2.43. The van der Waals surface area contributed by atoms with Crippen molar-refractivity contribution in [3.05, 3.63) is 29.8 Å². The SMILES string of the molecule is CC(=O)NC(C)C(=O)Nc1ccccc1C(=O)NCC(F)(F)F. The summed E-state index contributed by atoms with van der Waals surface area (Å²) < 4.78 is 36.4. The van der Waals surface area contributed by atoms with Gasteiger partial charge in [-0.25, -0.2) is 0 Å². The molecule has 126 valence electrons. The Morgan fingerprint density at radius 2 is 1.78 bits per heavy atom. The third-order valence-corrected chi connectivity index (χ3v) is 2.69. The van der Waals surface area contributed by atoms with Crippen LogP contribution in [0.25, 0.3) is 0 Å². The second kappa shape index (κ2) is 7.61. The standard InChI is InChI=1S/C14H16F3N3O3/c1-8(19-9(2)21)12(22)20-11-6-4-3-5-10(11)13(23)18-7-14(15,16)17/h3-6,8H,7H2,1-2H3,(H,18,23)(H,19,21)(H,20,22). The van der Waals surface area contributed by atoms with Gasteiger partial charge in [-0.3, -0.25) is 14.4 Å². The Kier molecular flexibility index (Phi) is 6.11. The molecule has 0 fully saturated rings. The van der Waals surface area contributed by atoms with Crippen LogP contribution in [0.2, 0.25) is 0 Å². The third-order valence-electron chi connectivity index (χ3n) is 2.69. The topological polar surface area (TPSA) is 87.3 Å². The number of alkyl halides is 3. The van der Waals surface area contributed by atoms with Crippen molar-refractivity contribution >= 4 is 23.4 Å². The number of amides is 3. The molecule has 0 bridgehead atoms. The second-order valence-corrected chi connectivity index (χ2v) is 4.75. The summed E-state index contributed by atoms with van der Waals surface area (Å²) in [5.41, 5.74) is -0.0606. The minimum Gasteiger partial charge on any atom is -0.345 e. The van der Waals surface area contributed by atoms with E-state index in [-0.39, 0.29) is 11.3 Å². The first-order valence-corrected chi connectivity index (χ1v) is 6.62. The summed E-state index contributed by atoms with van der Waals surface area (Å²) in [6, 6.07) is 4.76. The van der Waals surface area contributed by atoms with Crippen LogP contribution < -0.4 is 16.0 Å². The highest BCUT2D eigenvalue weighted by molar-refractivity contribution is 6.05. The molecule has 0 saturated carbocycles. The quantitative estimate of drug-likeness (QED) is 0.763. The molecule has 1 aromatic carbocycles. The number of hydrogen-bond donors (Lipinski definition) is 3. The molecule has 3 amide bonds. The van der Waals surface area contributed by atoms with Crippen LogP contribution >= 0.6 is 0 Å². The fourth-order valence-corrected chi connectivity index (χ4v) is 1.68. The molecule has 0 spiro atoms. The maximum atomic E-state index is 12.1. The number of benzene rings is 1. The van der Waals surface area contributed by atoms with Crippen molar-refractivity contribution in [3.63, 3.8) is 0 Å². The first kappa shape index (κ1) is 18.5. The number of carbonyl (C=O) groups is 3. The molecule has 0 radical (unpaired) electrons. The van der Waals surface area contributed by atoms with Gasteiger partial charge in [-0.05, 0) is 19.1 Å². The predicted octanol–water partition coefficient (Wildman–Crippen LogP) is 1.44. The molecule has 1 atom stereocenters. The minimum absolute atomic E-state index is 0.0503. The Hall–Kier alpha value is -2.58. The molecule has 0 aliphatic rings. The smallest absolute Gasteiger partial charge is 0.345 e. The Bertz CT molecular complexity index is 602. The zero-order valence-electron chi connectivity index (χ0n) is 12.5. The van der Waals surface area contributed by atoms with Gasteiger partial charge in [0, 0.05) is 6.92 Å². The lowest BCUT2D eigenvalue weighted by Crippen LogP contribution is -2.41. The molecule has 0 aromatic heterocycles. The lowest BCUT2D eigenvalue weighted by molar-refractivity contribution is -0.124. The van der Waals surface area contributed by atoms with E-state index in [1.165, 1.54) is 38.1 Å². The van der Waals surface area contributed by atoms with E-state index < -0.39 is 36.5 Å². The van der Waals surface area contributed by atoms with E-state index >= 15 is 0 Å². The van der Waals surface area contributed by atoms with E-state index in [0.717, 1.165) is 0 Å². The number of anilines is 1. The van der Waals surface area contributed by atoms with Crippen LogP contribution in [0.4, 0.5) is 18.9 Å². The van der Waals surface area contributed by atoms with Crippen molar-refractivity contribution < 1.29 is 27.6 Å². The molecule has 1 rings (SSSR count). The number of para-hydroxylation sites is 1. The largest absolute Gasteiger partial charge is 0.405 e. The van der Waals surface area contributed by atoms with E-state index in [1.807, 2.05) is 0 Å². The molecule has 0 aliphatic heterocycles. The number of hydrogen-bond acceptors (Lipinski definition) is 3. The molecular formula is C14H16F3N3O3. The molecule has 3 N–H and O–H groups in total. The molecule has 0 aliphatic carbocycles. The molecule has 6 nitrogen and oxygen atoms in total. The molecule has 1 unspecified atom stereocenters. The van der Waals surface area contributed by atoms with E-state index in [2.05, 4.69) is 10.6 Å². The van der Waals surface area contributed by atoms with Crippen LogP contribution in [0.3, 0.4) is 0 Å². The van der Waals surface area contributed by atoms with Crippen molar-refractivity contribution in [1.82, 2.24) is 10.6 Å².